The molecule has 1 atom stereocenters. The van der Waals surface area contributed by atoms with Crippen LogP contribution < -0.4 is 10.1 Å². The SMILES string of the molecule is COc1ccc(Cl)cc1NC(=O)[C@H](C)Sc1n[nH]c(C)n1. The summed E-state index contributed by atoms with van der Waals surface area (Å²) in [6, 6.07) is 5.05. The molecule has 0 saturated carbocycles. The smallest absolute Gasteiger partial charge is 0.237 e. The number of hydrogen-bond donors (Lipinski definition) is 2. The second-order valence-corrected chi connectivity index (χ2v) is 6.04. The first-order valence-electron chi connectivity index (χ1n) is 6.19. The number of nitrogens with zero attached hydrogens (tertiary/aromatic N) is 2. The van der Waals surface area contributed by atoms with Crippen LogP contribution in [0.5, 0.6) is 5.75 Å². The zero-order valence-electron chi connectivity index (χ0n) is 11.8. The number of carbonyl (C=O) groups excluding carboxylic acids is 1. The molecular formula is C13H15ClN4O2S. The number of carbonyl (C=O) groups is 1. The van der Waals surface area contributed by atoms with Gasteiger partial charge in [-0.15, -0.1) is 5.10 Å². The van der Waals surface area contributed by atoms with Crippen molar-refractivity contribution in [1.29, 1.82) is 0 Å². The minimum absolute atomic E-state index is 0.178. The number of ether oxygens (including phenoxy) is 1. The summed E-state index contributed by atoms with van der Waals surface area (Å²) in [6.45, 7) is 3.58. The average Bonchev–Trinajstić information content (AvgIpc) is 2.84. The molecule has 0 saturated heterocycles. The molecule has 8 heteroatoms. The summed E-state index contributed by atoms with van der Waals surface area (Å²) in [6.07, 6.45) is 0. The fraction of sp³-hybridized carbons (Fsp3) is 0.308. The first-order valence-corrected chi connectivity index (χ1v) is 7.45. The van der Waals surface area contributed by atoms with Gasteiger partial charge in [0.05, 0.1) is 18.0 Å². The summed E-state index contributed by atoms with van der Waals surface area (Å²) >= 11 is 7.20. The highest BCUT2D eigenvalue weighted by molar-refractivity contribution is 8.00. The van der Waals surface area contributed by atoms with E-state index in [1.54, 1.807) is 32.0 Å². The third-order valence-electron chi connectivity index (χ3n) is 2.65. The van der Waals surface area contributed by atoms with Crippen LogP contribution in [0.3, 0.4) is 0 Å². The van der Waals surface area contributed by atoms with Crippen molar-refractivity contribution in [2.24, 2.45) is 0 Å². The van der Waals surface area contributed by atoms with Gasteiger partial charge in [0.25, 0.3) is 0 Å². The van der Waals surface area contributed by atoms with Crippen LogP contribution in [0.15, 0.2) is 23.4 Å². The molecule has 0 bridgehead atoms. The number of rotatable bonds is 5. The molecule has 2 rings (SSSR count). The molecule has 0 aliphatic rings. The van der Waals surface area contributed by atoms with Crippen molar-refractivity contribution in [3.05, 3.63) is 29.0 Å². The van der Waals surface area contributed by atoms with Gasteiger partial charge in [0.2, 0.25) is 11.1 Å². The Balaban J connectivity index is 2.05. The van der Waals surface area contributed by atoms with Crippen LogP contribution in [0, 0.1) is 6.92 Å². The number of aromatic amines is 1. The molecular weight excluding hydrogens is 312 g/mol. The summed E-state index contributed by atoms with van der Waals surface area (Å²) in [5.74, 6) is 1.09. The molecule has 1 aromatic carbocycles. The number of halogens is 1. The van der Waals surface area contributed by atoms with E-state index < -0.39 is 0 Å². The van der Waals surface area contributed by atoms with E-state index in [-0.39, 0.29) is 11.2 Å². The normalized spacial score (nSPS) is 12.0. The minimum Gasteiger partial charge on any atom is -0.495 e. The summed E-state index contributed by atoms with van der Waals surface area (Å²) in [5, 5.41) is 10.2. The van der Waals surface area contributed by atoms with E-state index in [0.29, 0.717) is 27.4 Å². The first kappa shape index (κ1) is 15.7. The largest absolute Gasteiger partial charge is 0.495 e. The highest BCUT2D eigenvalue weighted by atomic mass is 35.5. The van der Waals surface area contributed by atoms with Crippen molar-refractivity contribution in [2.75, 3.05) is 12.4 Å². The Morgan fingerprint density at radius 2 is 2.29 bits per heavy atom. The number of thioether (sulfide) groups is 1. The van der Waals surface area contributed by atoms with Gasteiger partial charge < -0.3 is 10.1 Å². The van der Waals surface area contributed by atoms with E-state index in [1.165, 1.54) is 18.9 Å². The molecule has 1 aromatic heterocycles. The lowest BCUT2D eigenvalue weighted by molar-refractivity contribution is -0.115. The fourth-order valence-corrected chi connectivity index (χ4v) is 2.54. The zero-order valence-corrected chi connectivity index (χ0v) is 13.4. The number of anilines is 1. The molecule has 21 heavy (non-hydrogen) atoms. The third-order valence-corrected chi connectivity index (χ3v) is 3.84. The van der Waals surface area contributed by atoms with Gasteiger partial charge in [0.15, 0.2) is 0 Å². The molecule has 0 fully saturated rings. The van der Waals surface area contributed by atoms with Crippen LogP contribution in [0.2, 0.25) is 5.02 Å². The topological polar surface area (TPSA) is 79.9 Å². The minimum atomic E-state index is -0.358. The number of hydrogen-bond acceptors (Lipinski definition) is 5. The fourth-order valence-electron chi connectivity index (χ4n) is 1.60. The van der Waals surface area contributed by atoms with Gasteiger partial charge in [0.1, 0.15) is 11.6 Å². The Hall–Kier alpha value is -1.73. The lowest BCUT2D eigenvalue weighted by Gasteiger charge is -2.13. The van der Waals surface area contributed by atoms with E-state index >= 15 is 0 Å². The first-order chi connectivity index (χ1) is 9.99. The van der Waals surface area contributed by atoms with Crippen LogP contribution in [0.1, 0.15) is 12.7 Å². The van der Waals surface area contributed by atoms with Crippen molar-refractivity contribution in [2.45, 2.75) is 24.3 Å². The van der Waals surface area contributed by atoms with Crippen molar-refractivity contribution < 1.29 is 9.53 Å². The lowest BCUT2D eigenvalue weighted by Crippen LogP contribution is -2.22. The standard InChI is InChI=1S/C13H15ClN4O2S/c1-7(21-13-15-8(2)17-18-13)12(19)16-10-6-9(14)4-5-11(10)20-3/h4-7H,1-3H3,(H,16,19)(H,15,17,18)/t7-/m0/s1. The van der Waals surface area contributed by atoms with E-state index in [1.807, 2.05) is 0 Å². The summed E-state index contributed by atoms with van der Waals surface area (Å²) in [4.78, 5) is 16.4. The van der Waals surface area contributed by atoms with Crippen LogP contribution in [-0.4, -0.2) is 33.4 Å². The van der Waals surface area contributed by atoms with Gasteiger partial charge in [0, 0.05) is 5.02 Å². The molecule has 1 amide bonds. The van der Waals surface area contributed by atoms with E-state index in [9.17, 15) is 4.79 Å². The Morgan fingerprint density at radius 1 is 1.52 bits per heavy atom. The van der Waals surface area contributed by atoms with E-state index in [0.717, 1.165) is 0 Å². The van der Waals surface area contributed by atoms with Crippen molar-refractivity contribution in [3.63, 3.8) is 0 Å². The highest BCUT2D eigenvalue weighted by Gasteiger charge is 2.18. The quantitative estimate of drug-likeness (QED) is 0.826. The third kappa shape index (κ3) is 4.12. The number of methoxy groups -OCH3 is 1. The van der Waals surface area contributed by atoms with Gasteiger partial charge in [-0.1, -0.05) is 23.4 Å². The molecule has 0 spiro atoms. The van der Waals surface area contributed by atoms with Crippen molar-refractivity contribution in [1.82, 2.24) is 15.2 Å². The predicted molar refractivity (Wildman–Crippen MR) is 83.1 cm³/mol. The second kappa shape index (κ2) is 6.82. The predicted octanol–water partition coefficient (Wildman–Crippen LogP) is 2.89. The van der Waals surface area contributed by atoms with Crippen LogP contribution in [0.4, 0.5) is 5.69 Å². The Morgan fingerprint density at radius 3 is 2.90 bits per heavy atom. The number of aryl methyl sites for hydroxylation is 1. The van der Waals surface area contributed by atoms with Gasteiger partial charge in [-0.25, -0.2) is 4.98 Å². The molecule has 2 aromatic rings. The maximum absolute atomic E-state index is 12.2. The molecule has 2 N–H and O–H groups in total. The Bertz CT molecular complexity index is 647. The van der Waals surface area contributed by atoms with Crippen molar-refractivity contribution >= 4 is 35.0 Å². The van der Waals surface area contributed by atoms with Crippen LogP contribution >= 0.6 is 23.4 Å². The number of H-pyrrole nitrogens is 1. The molecule has 0 radical (unpaired) electrons. The monoisotopic (exact) mass is 326 g/mol. The number of nitrogens with one attached hydrogen (secondary N) is 2. The van der Waals surface area contributed by atoms with E-state index in [4.69, 9.17) is 16.3 Å². The molecule has 0 aliphatic heterocycles. The van der Waals surface area contributed by atoms with Gasteiger partial charge in [-0.2, -0.15) is 0 Å². The van der Waals surface area contributed by atoms with Crippen LogP contribution in [0.25, 0.3) is 0 Å². The molecule has 6 nitrogen and oxygen atoms in total. The summed E-state index contributed by atoms with van der Waals surface area (Å²) in [5.41, 5.74) is 0.536. The van der Waals surface area contributed by atoms with Crippen molar-refractivity contribution in [3.8, 4) is 5.75 Å². The number of aromatic nitrogens is 3. The van der Waals surface area contributed by atoms with E-state index in [2.05, 4.69) is 20.5 Å². The summed E-state index contributed by atoms with van der Waals surface area (Å²) < 4.78 is 5.19. The van der Waals surface area contributed by atoms with Gasteiger partial charge in [-0.05, 0) is 32.0 Å². The van der Waals surface area contributed by atoms with Crippen LogP contribution in [-0.2, 0) is 4.79 Å². The molecule has 1 heterocycles. The summed E-state index contributed by atoms with van der Waals surface area (Å²) in [7, 11) is 1.54. The molecule has 0 unspecified atom stereocenters. The second-order valence-electron chi connectivity index (χ2n) is 4.30. The lowest BCUT2D eigenvalue weighted by atomic mass is 10.3. The zero-order chi connectivity index (χ0) is 15.4. The number of benzene rings is 1. The molecule has 0 aliphatic carbocycles. The molecule has 112 valence electrons. The Labute approximate surface area is 131 Å². The average molecular weight is 327 g/mol. The number of amides is 1. The van der Waals surface area contributed by atoms with Gasteiger partial charge in [-0.3, -0.25) is 9.89 Å². The highest BCUT2D eigenvalue weighted by Crippen LogP contribution is 2.29. The maximum Gasteiger partial charge on any atom is 0.237 e. The van der Waals surface area contributed by atoms with Gasteiger partial charge >= 0.3 is 0 Å². The maximum atomic E-state index is 12.2. The Kier molecular flexibility index (Phi) is 5.08.